The Labute approximate surface area is 237 Å². The first kappa shape index (κ1) is 29.0. The van der Waals surface area contributed by atoms with Crippen molar-refractivity contribution < 1.29 is 33.7 Å². The van der Waals surface area contributed by atoms with E-state index in [4.69, 9.17) is 14.2 Å². The van der Waals surface area contributed by atoms with Gasteiger partial charge < -0.3 is 23.9 Å². The molecular weight excluding hydrogens is 536 g/mol. The number of amides is 1. The van der Waals surface area contributed by atoms with Gasteiger partial charge in [-0.15, -0.1) is 21.9 Å². The first-order valence-electron chi connectivity index (χ1n) is 12.7. The number of hydrogen-bond acceptors (Lipinski definition) is 9. The lowest BCUT2D eigenvalue weighted by Gasteiger charge is -2.34. The molecule has 0 aromatic heterocycles. The number of carbonyl (C=O) groups is 2. The topological polar surface area (TPSA) is 117 Å². The number of rotatable bonds is 9. The van der Waals surface area contributed by atoms with Crippen molar-refractivity contribution in [2.45, 2.75) is 31.9 Å². The molecule has 2 aromatic carbocycles. The summed E-state index contributed by atoms with van der Waals surface area (Å²) in [7, 11) is 6.46. The lowest BCUT2D eigenvalue weighted by Crippen LogP contribution is -2.42. The summed E-state index contributed by atoms with van der Waals surface area (Å²) >= 11 is 1.40. The van der Waals surface area contributed by atoms with Crippen LogP contribution in [0.4, 0.5) is 0 Å². The van der Waals surface area contributed by atoms with Crippen molar-refractivity contribution in [2.75, 3.05) is 34.6 Å². The summed E-state index contributed by atoms with van der Waals surface area (Å²) in [6.45, 7) is -0.198. The molecule has 2 atom stereocenters. The predicted molar refractivity (Wildman–Crippen MR) is 151 cm³/mol. The maximum Gasteiger partial charge on any atom is 0.294 e. The van der Waals surface area contributed by atoms with E-state index in [2.05, 4.69) is 4.84 Å². The van der Waals surface area contributed by atoms with Gasteiger partial charge in [-0.05, 0) is 60.1 Å². The zero-order chi connectivity index (χ0) is 29.0. The number of benzene rings is 2. The Morgan fingerprint density at radius 3 is 2.40 bits per heavy atom. The highest BCUT2D eigenvalue weighted by Crippen LogP contribution is 2.50. The normalized spacial score (nSPS) is 18.2. The monoisotopic (exact) mass is 568 g/mol. The molecule has 0 fully saturated rings. The molecule has 4 rings (SSSR count). The third kappa shape index (κ3) is 5.65. The van der Waals surface area contributed by atoms with E-state index < -0.39 is 5.09 Å². The minimum absolute atomic E-state index is 0.0210. The molecule has 0 bridgehead atoms. The number of Topliss-reactive ketones (excluding diaryl/α,β-unsaturated/α-hetero) is 1. The van der Waals surface area contributed by atoms with Crippen molar-refractivity contribution >= 4 is 29.0 Å². The van der Waals surface area contributed by atoms with Gasteiger partial charge in [0.25, 0.3) is 11.0 Å². The van der Waals surface area contributed by atoms with Crippen molar-refractivity contribution in [3.05, 3.63) is 79.8 Å². The number of thioether (sulfide) groups is 1. The van der Waals surface area contributed by atoms with E-state index in [1.165, 1.54) is 11.8 Å². The fourth-order valence-electron chi connectivity index (χ4n) is 5.50. The molecule has 0 spiro atoms. The first-order valence-corrected chi connectivity index (χ1v) is 13.9. The second-order valence-corrected chi connectivity index (χ2v) is 10.3. The van der Waals surface area contributed by atoms with E-state index in [0.29, 0.717) is 46.1 Å². The fraction of sp³-hybridized carbons (Fsp3) is 0.379. The number of nitrogens with zero attached hydrogens (tertiary/aromatic N) is 2. The number of aryl methyl sites for hydroxylation is 1. The summed E-state index contributed by atoms with van der Waals surface area (Å²) in [5.74, 6) is 1.05. The van der Waals surface area contributed by atoms with Crippen LogP contribution < -0.4 is 14.2 Å². The van der Waals surface area contributed by atoms with Crippen LogP contribution in [-0.4, -0.2) is 62.4 Å². The summed E-state index contributed by atoms with van der Waals surface area (Å²) < 4.78 is 17.2. The van der Waals surface area contributed by atoms with Crippen LogP contribution in [0.25, 0.3) is 5.57 Å². The van der Waals surface area contributed by atoms with Crippen LogP contribution in [-0.2, 0) is 22.7 Å². The van der Waals surface area contributed by atoms with Gasteiger partial charge in [-0.1, -0.05) is 18.2 Å². The SMILES string of the molecule is COc1cc2c(c(OC)c1OC)C1=CC=C(SC)C(=O)CC1[C@@H](N(C)C(=O)c1ccc(CO[N+](=O)[O-])cc1)CC2. The number of carbonyl (C=O) groups excluding carboxylic acids is 2. The van der Waals surface area contributed by atoms with Gasteiger partial charge in [0, 0.05) is 36.6 Å². The minimum Gasteiger partial charge on any atom is -0.493 e. The maximum atomic E-state index is 13.7. The molecule has 0 radical (unpaired) electrons. The van der Waals surface area contributed by atoms with Crippen LogP contribution >= 0.6 is 11.8 Å². The molecule has 0 saturated carbocycles. The van der Waals surface area contributed by atoms with Gasteiger partial charge in [0.2, 0.25) is 5.75 Å². The molecule has 212 valence electrons. The van der Waals surface area contributed by atoms with Crippen LogP contribution in [0.3, 0.4) is 0 Å². The van der Waals surface area contributed by atoms with Crippen LogP contribution in [0.5, 0.6) is 17.2 Å². The van der Waals surface area contributed by atoms with Gasteiger partial charge in [-0.3, -0.25) is 9.59 Å². The van der Waals surface area contributed by atoms with Gasteiger partial charge in [0.1, 0.15) is 6.61 Å². The van der Waals surface area contributed by atoms with Gasteiger partial charge in [-0.2, -0.15) is 0 Å². The maximum absolute atomic E-state index is 13.7. The predicted octanol–water partition coefficient (Wildman–Crippen LogP) is 4.73. The Morgan fingerprint density at radius 2 is 1.80 bits per heavy atom. The van der Waals surface area contributed by atoms with E-state index in [9.17, 15) is 19.7 Å². The highest BCUT2D eigenvalue weighted by atomic mass is 32.2. The number of methoxy groups -OCH3 is 3. The average molecular weight is 569 g/mol. The lowest BCUT2D eigenvalue weighted by atomic mass is 9.83. The molecule has 1 unspecified atom stereocenters. The number of fused-ring (bicyclic) bond motifs is 3. The molecule has 1 amide bonds. The zero-order valence-corrected chi connectivity index (χ0v) is 23.9. The van der Waals surface area contributed by atoms with Crippen molar-refractivity contribution in [3.63, 3.8) is 0 Å². The average Bonchev–Trinajstić information content (AvgIpc) is 3.21. The van der Waals surface area contributed by atoms with E-state index in [1.807, 2.05) is 24.5 Å². The molecular formula is C29H32N2O8S. The van der Waals surface area contributed by atoms with Crippen LogP contribution in [0.1, 0.15) is 39.9 Å². The van der Waals surface area contributed by atoms with E-state index in [0.717, 1.165) is 16.7 Å². The molecule has 2 aromatic rings. The van der Waals surface area contributed by atoms with Crippen LogP contribution in [0.2, 0.25) is 0 Å². The smallest absolute Gasteiger partial charge is 0.294 e. The Bertz CT molecular complexity index is 1370. The molecule has 0 N–H and O–H groups in total. The summed E-state index contributed by atoms with van der Waals surface area (Å²) in [6, 6.07) is 8.16. The molecule has 2 aliphatic rings. The van der Waals surface area contributed by atoms with Gasteiger partial charge in [0.15, 0.2) is 17.3 Å². The Balaban J connectivity index is 1.76. The van der Waals surface area contributed by atoms with Crippen molar-refractivity contribution in [3.8, 4) is 17.2 Å². The fourth-order valence-corrected chi connectivity index (χ4v) is 6.02. The number of allylic oxidation sites excluding steroid dienone is 3. The second kappa shape index (κ2) is 12.5. The third-order valence-corrected chi connectivity index (χ3v) is 8.25. The van der Waals surface area contributed by atoms with E-state index in [1.54, 1.807) is 57.5 Å². The molecule has 2 aliphatic carbocycles. The first-order chi connectivity index (χ1) is 19.2. The highest BCUT2D eigenvalue weighted by Gasteiger charge is 2.39. The van der Waals surface area contributed by atoms with Gasteiger partial charge >= 0.3 is 0 Å². The summed E-state index contributed by atoms with van der Waals surface area (Å²) in [5, 5.41) is 9.65. The Hall–Kier alpha value is -3.99. The number of ketones is 1. The minimum atomic E-state index is -0.854. The lowest BCUT2D eigenvalue weighted by molar-refractivity contribution is -0.763. The largest absolute Gasteiger partial charge is 0.493 e. The quantitative estimate of drug-likeness (QED) is 0.313. The van der Waals surface area contributed by atoms with E-state index >= 15 is 0 Å². The van der Waals surface area contributed by atoms with Gasteiger partial charge in [0.05, 0.1) is 26.2 Å². The molecule has 11 heteroatoms. The second-order valence-electron chi connectivity index (χ2n) is 9.49. The van der Waals surface area contributed by atoms with Crippen molar-refractivity contribution in [1.29, 1.82) is 0 Å². The summed E-state index contributed by atoms with van der Waals surface area (Å²) in [4.78, 5) is 44.3. The molecule has 10 nitrogen and oxygen atoms in total. The van der Waals surface area contributed by atoms with Crippen LogP contribution in [0.15, 0.2) is 47.4 Å². The molecule has 0 saturated heterocycles. The molecule has 0 aliphatic heterocycles. The van der Waals surface area contributed by atoms with E-state index in [-0.39, 0.29) is 36.7 Å². The third-order valence-electron chi connectivity index (χ3n) is 7.44. The zero-order valence-electron chi connectivity index (χ0n) is 23.1. The number of ether oxygens (including phenoxy) is 3. The van der Waals surface area contributed by atoms with Crippen molar-refractivity contribution in [2.24, 2.45) is 5.92 Å². The Kier molecular flexibility index (Phi) is 9.03. The number of hydrogen-bond donors (Lipinski definition) is 0. The van der Waals surface area contributed by atoms with Crippen molar-refractivity contribution in [1.82, 2.24) is 4.90 Å². The molecule has 40 heavy (non-hydrogen) atoms. The highest BCUT2D eigenvalue weighted by molar-refractivity contribution is 8.03. The molecule has 0 heterocycles. The summed E-state index contributed by atoms with van der Waals surface area (Å²) in [6.07, 6.45) is 7.14. The standard InChI is InChI=1S/C29H32N2O8S/c1-30(29(33)18-8-6-17(7-9-18)16-39-31(34)35)22-12-10-19-14-24(36-2)27(37-3)28(38-4)26(19)20-11-13-25(40-5)23(32)15-21(20)22/h6-9,11,13-14,21-22H,10,12,15-16H2,1-5H3/t21?,22-/m0/s1. The summed E-state index contributed by atoms with van der Waals surface area (Å²) in [5.41, 5.74) is 3.75. The van der Waals surface area contributed by atoms with Crippen LogP contribution in [0, 0.1) is 16.0 Å². The van der Waals surface area contributed by atoms with Gasteiger partial charge in [-0.25, -0.2) is 0 Å². The Morgan fingerprint density at radius 1 is 1.10 bits per heavy atom.